The summed E-state index contributed by atoms with van der Waals surface area (Å²) in [6, 6.07) is 7.08. The molecule has 0 bridgehead atoms. The molecule has 7 heteroatoms. The Balaban J connectivity index is 0.000000192. The zero-order valence-electron chi connectivity index (χ0n) is 16.9. The molecule has 4 aromatic rings. The minimum absolute atomic E-state index is 0.276. The summed E-state index contributed by atoms with van der Waals surface area (Å²) in [4.78, 5) is 12.0. The number of fused-ring (bicyclic) bond motifs is 2. The molecule has 1 aromatic carbocycles. The number of nitrogens with zero attached hydrogens (tertiary/aromatic N) is 3. The average molecular weight is 429 g/mol. The number of likely N-dealkylation sites (tertiary alicyclic amines) is 1. The summed E-state index contributed by atoms with van der Waals surface area (Å²) in [5.41, 5.74) is 4.30. The highest BCUT2D eigenvalue weighted by Crippen LogP contribution is 2.31. The molecule has 1 N–H and O–H groups in total. The van der Waals surface area contributed by atoms with E-state index in [0.29, 0.717) is 11.2 Å². The fraction of sp³-hybridized carbons (Fsp3) is 0.364. The number of halogens is 1. The van der Waals surface area contributed by atoms with E-state index in [-0.39, 0.29) is 5.82 Å². The number of thiophene rings is 1. The summed E-state index contributed by atoms with van der Waals surface area (Å²) in [5.74, 6) is -0.276. The first-order valence-corrected chi connectivity index (χ1v) is 11.6. The molecule has 0 unspecified atom stereocenters. The van der Waals surface area contributed by atoms with Crippen molar-refractivity contribution >= 4 is 54.5 Å². The maximum absolute atomic E-state index is 14.1. The largest absolute Gasteiger partial charge is 0.352 e. The summed E-state index contributed by atoms with van der Waals surface area (Å²) in [6.45, 7) is 9.44. The number of anilines is 2. The van der Waals surface area contributed by atoms with Crippen LogP contribution in [0.5, 0.6) is 0 Å². The highest BCUT2D eigenvalue weighted by Gasteiger charge is 2.29. The first kappa shape index (κ1) is 20.2. The summed E-state index contributed by atoms with van der Waals surface area (Å²) in [7, 11) is 0. The van der Waals surface area contributed by atoms with Crippen molar-refractivity contribution in [1.29, 1.82) is 0 Å². The number of pyridine rings is 1. The Morgan fingerprint density at radius 1 is 1.17 bits per heavy atom. The van der Waals surface area contributed by atoms with Crippen LogP contribution in [0.3, 0.4) is 0 Å². The smallest absolute Gasteiger partial charge is 0.148 e. The molecule has 4 nitrogen and oxygen atoms in total. The van der Waals surface area contributed by atoms with Gasteiger partial charge in [0.05, 0.1) is 27.1 Å². The Bertz CT molecular complexity index is 1120. The first-order chi connectivity index (χ1) is 14.0. The minimum Gasteiger partial charge on any atom is -0.352 e. The highest BCUT2D eigenvalue weighted by molar-refractivity contribution is 7.17. The van der Waals surface area contributed by atoms with E-state index >= 15 is 0 Å². The molecule has 1 saturated heterocycles. The number of nitrogens with one attached hydrogen (secondary N) is 1. The second-order valence-corrected chi connectivity index (χ2v) is 9.55. The zero-order valence-corrected chi connectivity index (χ0v) is 18.5. The van der Waals surface area contributed by atoms with Gasteiger partial charge in [-0.3, -0.25) is 4.90 Å². The van der Waals surface area contributed by atoms with E-state index in [0.717, 1.165) is 26.1 Å². The van der Waals surface area contributed by atoms with Gasteiger partial charge in [0, 0.05) is 17.1 Å². The van der Waals surface area contributed by atoms with Gasteiger partial charge in [0.15, 0.2) is 0 Å². The van der Waals surface area contributed by atoms with Gasteiger partial charge in [-0.2, -0.15) is 0 Å². The van der Waals surface area contributed by atoms with Crippen molar-refractivity contribution in [2.24, 2.45) is 0 Å². The molecule has 5 rings (SSSR count). The predicted octanol–water partition coefficient (Wildman–Crippen LogP) is 6.67. The van der Waals surface area contributed by atoms with E-state index in [9.17, 15) is 4.39 Å². The summed E-state index contributed by atoms with van der Waals surface area (Å²) in [5, 5.41) is 6.11. The van der Waals surface area contributed by atoms with Gasteiger partial charge in [-0.25, -0.2) is 14.4 Å². The summed E-state index contributed by atoms with van der Waals surface area (Å²) in [6.07, 6.45) is 4.49. The lowest BCUT2D eigenvalue weighted by molar-refractivity contribution is 0.185. The molecule has 0 saturated carbocycles. The van der Waals surface area contributed by atoms with Crippen LogP contribution in [0.4, 0.5) is 15.8 Å². The fourth-order valence-corrected chi connectivity index (χ4v) is 5.30. The summed E-state index contributed by atoms with van der Waals surface area (Å²) >= 11 is 3.00. The fourth-order valence-electron chi connectivity index (χ4n) is 3.85. The lowest BCUT2D eigenvalue weighted by Gasteiger charge is -2.29. The quantitative estimate of drug-likeness (QED) is 0.396. The SMILES string of the molecule is CCN1CCCC1(C)C.Fc1cc2scnc2cc1Nc1ccnc2sccc12. The number of rotatable bonds is 3. The molecule has 1 fully saturated rings. The van der Waals surface area contributed by atoms with Crippen molar-refractivity contribution in [1.82, 2.24) is 14.9 Å². The lowest BCUT2D eigenvalue weighted by atomic mass is 10.0. The van der Waals surface area contributed by atoms with Crippen LogP contribution in [0, 0.1) is 5.82 Å². The molecule has 1 aliphatic rings. The molecule has 3 aromatic heterocycles. The van der Waals surface area contributed by atoms with Crippen LogP contribution in [0.2, 0.25) is 0 Å². The van der Waals surface area contributed by atoms with Gasteiger partial charge in [-0.1, -0.05) is 6.92 Å². The maximum Gasteiger partial charge on any atom is 0.148 e. The van der Waals surface area contributed by atoms with Gasteiger partial charge in [0.25, 0.3) is 0 Å². The van der Waals surface area contributed by atoms with Crippen molar-refractivity contribution < 1.29 is 4.39 Å². The van der Waals surface area contributed by atoms with E-state index in [4.69, 9.17) is 0 Å². The van der Waals surface area contributed by atoms with Crippen LogP contribution < -0.4 is 5.32 Å². The average Bonchev–Trinajstić information content (AvgIpc) is 3.41. The van der Waals surface area contributed by atoms with E-state index in [2.05, 4.69) is 41.0 Å². The molecular weight excluding hydrogens is 403 g/mol. The topological polar surface area (TPSA) is 41.1 Å². The molecule has 4 heterocycles. The van der Waals surface area contributed by atoms with E-state index in [1.165, 1.54) is 43.3 Å². The third kappa shape index (κ3) is 4.27. The minimum atomic E-state index is -0.276. The number of aromatic nitrogens is 2. The Morgan fingerprint density at radius 2 is 2.03 bits per heavy atom. The maximum atomic E-state index is 14.1. The Morgan fingerprint density at radius 3 is 2.76 bits per heavy atom. The van der Waals surface area contributed by atoms with Crippen molar-refractivity contribution in [2.75, 3.05) is 18.4 Å². The first-order valence-electron chi connectivity index (χ1n) is 9.85. The number of thiazole rings is 1. The van der Waals surface area contributed by atoms with Crippen LogP contribution in [-0.4, -0.2) is 33.5 Å². The monoisotopic (exact) mass is 428 g/mol. The van der Waals surface area contributed by atoms with Gasteiger partial charge in [0.1, 0.15) is 10.6 Å². The molecule has 0 aliphatic carbocycles. The highest BCUT2D eigenvalue weighted by atomic mass is 32.1. The molecule has 0 atom stereocenters. The number of hydrogen-bond donors (Lipinski definition) is 1. The molecule has 152 valence electrons. The zero-order chi connectivity index (χ0) is 20.4. The van der Waals surface area contributed by atoms with Crippen LogP contribution in [0.1, 0.15) is 33.6 Å². The molecule has 29 heavy (non-hydrogen) atoms. The van der Waals surface area contributed by atoms with Crippen LogP contribution in [0.15, 0.2) is 41.4 Å². The molecular formula is C22H25FN4S2. The van der Waals surface area contributed by atoms with Gasteiger partial charge in [-0.05, 0) is 69.4 Å². The number of hydrogen-bond acceptors (Lipinski definition) is 6. The standard InChI is InChI=1S/C14H8FN3S2.C8H17N/c15-9-5-13-12(17-7-20-13)6-11(9)18-10-1-3-16-14-8(10)2-4-19-14;1-4-9-7-5-6-8(9,2)3/h1-7H,(H,16,18);4-7H2,1-3H3. The van der Waals surface area contributed by atoms with Crippen LogP contribution in [0.25, 0.3) is 20.4 Å². The van der Waals surface area contributed by atoms with Gasteiger partial charge < -0.3 is 5.32 Å². The van der Waals surface area contributed by atoms with Crippen molar-refractivity contribution in [3.8, 4) is 0 Å². The van der Waals surface area contributed by atoms with Crippen molar-refractivity contribution in [2.45, 2.75) is 39.2 Å². The third-order valence-electron chi connectivity index (χ3n) is 5.51. The molecule has 0 spiro atoms. The second-order valence-electron chi connectivity index (χ2n) is 7.77. The Labute approximate surface area is 178 Å². The van der Waals surface area contributed by atoms with Crippen molar-refractivity contribution in [3.05, 3.63) is 47.2 Å². The molecule has 1 aliphatic heterocycles. The summed E-state index contributed by atoms with van der Waals surface area (Å²) < 4.78 is 15.0. The van der Waals surface area contributed by atoms with Crippen LogP contribution >= 0.6 is 22.7 Å². The van der Waals surface area contributed by atoms with Gasteiger partial charge in [-0.15, -0.1) is 22.7 Å². The van der Waals surface area contributed by atoms with E-state index in [1.807, 2.05) is 17.5 Å². The van der Waals surface area contributed by atoms with Gasteiger partial charge >= 0.3 is 0 Å². The third-order valence-corrected chi connectivity index (χ3v) is 7.12. The predicted molar refractivity (Wildman–Crippen MR) is 123 cm³/mol. The number of benzene rings is 1. The van der Waals surface area contributed by atoms with Crippen LogP contribution in [-0.2, 0) is 0 Å². The Kier molecular flexibility index (Phi) is 5.81. The molecule has 0 radical (unpaired) electrons. The lowest BCUT2D eigenvalue weighted by Crippen LogP contribution is -2.37. The van der Waals surface area contributed by atoms with Crippen molar-refractivity contribution in [3.63, 3.8) is 0 Å². The Hall–Kier alpha value is -2.09. The molecule has 0 amide bonds. The second kappa shape index (κ2) is 8.34. The van der Waals surface area contributed by atoms with E-state index in [1.54, 1.807) is 29.1 Å². The van der Waals surface area contributed by atoms with Gasteiger partial charge in [0.2, 0.25) is 0 Å². The van der Waals surface area contributed by atoms with E-state index < -0.39 is 0 Å². The normalized spacial score (nSPS) is 16.1.